The minimum absolute atomic E-state index is 0.00767. The zero-order valence-electron chi connectivity index (χ0n) is 9.47. The average Bonchev–Trinajstić information content (AvgIpc) is 2.27. The summed E-state index contributed by atoms with van der Waals surface area (Å²) in [5, 5.41) is 10.6. The molecule has 17 heavy (non-hydrogen) atoms. The van der Waals surface area contributed by atoms with Crippen LogP contribution in [0.2, 0.25) is 0 Å². The summed E-state index contributed by atoms with van der Waals surface area (Å²) in [5.74, 6) is 4.86. The number of nitro benzene ring substituents is 1. The number of nitrogens with two attached hydrogens (primary N) is 1. The van der Waals surface area contributed by atoms with Crippen molar-refractivity contribution >= 4 is 11.6 Å². The van der Waals surface area contributed by atoms with Gasteiger partial charge < -0.3 is 4.74 Å². The van der Waals surface area contributed by atoms with E-state index in [9.17, 15) is 14.9 Å². The van der Waals surface area contributed by atoms with Crippen LogP contribution in [0.5, 0.6) is 5.75 Å². The summed E-state index contributed by atoms with van der Waals surface area (Å²) in [7, 11) is 0. The molecule has 1 aromatic rings. The summed E-state index contributed by atoms with van der Waals surface area (Å²) in [6.45, 7) is 3.12. The Morgan fingerprint density at radius 3 is 2.71 bits per heavy atom. The molecule has 0 spiro atoms. The Balaban J connectivity index is 2.84. The van der Waals surface area contributed by atoms with E-state index < -0.39 is 16.9 Å². The van der Waals surface area contributed by atoms with Crippen LogP contribution in [0.3, 0.4) is 0 Å². The molecule has 0 aromatic heterocycles. The Morgan fingerprint density at radius 1 is 1.59 bits per heavy atom. The van der Waals surface area contributed by atoms with Gasteiger partial charge in [0.25, 0.3) is 11.6 Å². The minimum atomic E-state index is -0.763. The molecule has 0 saturated carbocycles. The fourth-order valence-corrected chi connectivity index (χ4v) is 1.28. The second-order valence-electron chi connectivity index (χ2n) is 3.47. The van der Waals surface area contributed by atoms with Gasteiger partial charge in [-0.25, -0.2) is 5.84 Å². The van der Waals surface area contributed by atoms with Gasteiger partial charge in [-0.3, -0.25) is 20.3 Å². The Morgan fingerprint density at radius 2 is 2.24 bits per heavy atom. The maximum absolute atomic E-state index is 11.1. The standard InChI is InChI=1S/C10H13N3O4/c1-6-5-8(3-4-9(6)13(15)16)17-7(2)10(14)12-11/h3-5,7H,11H2,1-2H3,(H,12,14)/t7-/m1/s1. The SMILES string of the molecule is Cc1cc(O[C@H](C)C(=O)NN)ccc1[N+](=O)[O-]. The van der Waals surface area contributed by atoms with Crippen molar-refractivity contribution in [1.29, 1.82) is 0 Å². The number of ether oxygens (including phenoxy) is 1. The van der Waals surface area contributed by atoms with E-state index in [0.717, 1.165) is 0 Å². The monoisotopic (exact) mass is 239 g/mol. The van der Waals surface area contributed by atoms with E-state index in [4.69, 9.17) is 10.6 Å². The lowest BCUT2D eigenvalue weighted by molar-refractivity contribution is -0.385. The smallest absolute Gasteiger partial charge is 0.274 e. The Labute approximate surface area is 97.7 Å². The molecule has 0 fully saturated rings. The van der Waals surface area contributed by atoms with Crippen LogP contribution in [-0.2, 0) is 4.79 Å². The number of benzene rings is 1. The van der Waals surface area contributed by atoms with E-state index in [1.165, 1.54) is 25.1 Å². The highest BCUT2D eigenvalue weighted by atomic mass is 16.6. The summed E-state index contributed by atoms with van der Waals surface area (Å²) in [6.07, 6.45) is -0.763. The van der Waals surface area contributed by atoms with Crippen molar-refractivity contribution in [2.24, 2.45) is 5.84 Å². The molecular weight excluding hydrogens is 226 g/mol. The summed E-state index contributed by atoms with van der Waals surface area (Å²) in [4.78, 5) is 21.2. The molecule has 1 rings (SSSR count). The zero-order chi connectivity index (χ0) is 13.0. The first-order chi connectivity index (χ1) is 7.95. The number of hydrazine groups is 1. The lowest BCUT2D eigenvalue weighted by Gasteiger charge is -2.13. The number of hydrogen-bond donors (Lipinski definition) is 2. The van der Waals surface area contributed by atoms with Gasteiger partial charge in [-0.05, 0) is 26.0 Å². The summed E-state index contributed by atoms with van der Waals surface area (Å²) < 4.78 is 5.27. The molecule has 0 radical (unpaired) electrons. The van der Waals surface area contributed by atoms with Gasteiger partial charge in [0.05, 0.1) is 4.92 Å². The maximum atomic E-state index is 11.1. The van der Waals surface area contributed by atoms with E-state index >= 15 is 0 Å². The Kier molecular flexibility index (Phi) is 4.00. The van der Waals surface area contributed by atoms with Crippen LogP contribution in [0, 0.1) is 17.0 Å². The number of carbonyl (C=O) groups excluding carboxylic acids is 1. The topological polar surface area (TPSA) is 107 Å². The highest BCUT2D eigenvalue weighted by molar-refractivity contribution is 5.80. The molecule has 7 nitrogen and oxygen atoms in total. The predicted octanol–water partition coefficient (Wildman–Crippen LogP) is 0.660. The lowest BCUT2D eigenvalue weighted by Crippen LogP contribution is -2.40. The number of hydrogen-bond acceptors (Lipinski definition) is 5. The first-order valence-corrected chi connectivity index (χ1v) is 4.88. The van der Waals surface area contributed by atoms with Gasteiger partial charge in [0.15, 0.2) is 6.10 Å². The van der Waals surface area contributed by atoms with E-state index in [0.29, 0.717) is 11.3 Å². The lowest BCUT2D eigenvalue weighted by atomic mass is 10.2. The highest BCUT2D eigenvalue weighted by Crippen LogP contribution is 2.23. The minimum Gasteiger partial charge on any atom is -0.481 e. The molecule has 0 aliphatic heterocycles. The molecule has 0 saturated heterocycles. The molecule has 92 valence electrons. The first kappa shape index (κ1) is 12.9. The van der Waals surface area contributed by atoms with Gasteiger partial charge in [0.1, 0.15) is 5.75 Å². The molecular formula is C10H13N3O4. The van der Waals surface area contributed by atoms with Crippen LogP contribution in [0.15, 0.2) is 18.2 Å². The number of nitrogens with one attached hydrogen (secondary N) is 1. The van der Waals surface area contributed by atoms with Crippen molar-refractivity contribution < 1.29 is 14.5 Å². The molecule has 7 heteroatoms. The van der Waals surface area contributed by atoms with Crippen molar-refractivity contribution in [3.8, 4) is 5.75 Å². The molecule has 0 unspecified atom stereocenters. The van der Waals surface area contributed by atoms with Gasteiger partial charge in [0.2, 0.25) is 0 Å². The molecule has 1 atom stereocenters. The third kappa shape index (κ3) is 3.15. The molecule has 3 N–H and O–H groups in total. The van der Waals surface area contributed by atoms with Crippen molar-refractivity contribution in [1.82, 2.24) is 5.43 Å². The van der Waals surface area contributed by atoms with E-state index in [1.807, 2.05) is 5.43 Å². The Hall–Kier alpha value is -2.15. The number of amides is 1. The van der Waals surface area contributed by atoms with Crippen LogP contribution in [0.25, 0.3) is 0 Å². The normalized spacial score (nSPS) is 11.7. The number of carbonyl (C=O) groups is 1. The van der Waals surface area contributed by atoms with Gasteiger partial charge in [0, 0.05) is 11.6 Å². The van der Waals surface area contributed by atoms with Crippen LogP contribution >= 0.6 is 0 Å². The van der Waals surface area contributed by atoms with E-state index in [1.54, 1.807) is 6.92 Å². The molecule has 0 aliphatic rings. The number of aryl methyl sites for hydroxylation is 1. The van der Waals surface area contributed by atoms with Crippen LogP contribution in [0.4, 0.5) is 5.69 Å². The molecule has 1 amide bonds. The third-order valence-corrected chi connectivity index (χ3v) is 2.19. The zero-order valence-corrected chi connectivity index (χ0v) is 9.47. The van der Waals surface area contributed by atoms with Crippen LogP contribution in [-0.4, -0.2) is 16.9 Å². The molecule has 0 heterocycles. The van der Waals surface area contributed by atoms with Gasteiger partial charge in [-0.2, -0.15) is 0 Å². The second kappa shape index (κ2) is 5.26. The average molecular weight is 239 g/mol. The van der Waals surface area contributed by atoms with Crippen LogP contribution < -0.4 is 16.0 Å². The van der Waals surface area contributed by atoms with Gasteiger partial charge in [-0.1, -0.05) is 0 Å². The highest BCUT2D eigenvalue weighted by Gasteiger charge is 2.15. The Bertz CT molecular complexity index is 447. The van der Waals surface area contributed by atoms with Crippen LogP contribution in [0.1, 0.15) is 12.5 Å². The summed E-state index contributed by atoms with van der Waals surface area (Å²) in [5.41, 5.74) is 2.43. The number of nitrogens with zero attached hydrogens (tertiary/aromatic N) is 1. The fraction of sp³-hybridized carbons (Fsp3) is 0.300. The van der Waals surface area contributed by atoms with Crippen molar-refractivity contribution in [2.75, 3.05) is 0 Å². The largest absolute Gasteiger partial charge is 0.481 e. The summed E-state index contributed by atoms with van der Waals surface area (Å²) in [6, 6.07) is 4.27. The van der Waals surface area contributed by atoms with E-state index in [2.05, 4.69) is 0 Å². The van der Waals surface area contributed by atoms with Gasteiger partial charge in [-0.15, -0.1) is 0 Å². The first-order valence-electron chi connectivity index (χ1n) is 4.88. The van der Waals surface area contributed by atoms with Crippen molar-refractivity contribution in [3.63, 3.8) is 0 Å². The maximum Gasteiger partial charge on any atom is 0.274 e. The van der Waals surface area contributed by atoms with Crippen molar-refractivity contribution in [2.45, 2.75) is 20.0 Å². The molecule has 0 aliphatic carbocycles. The number of rotatable bonds is 4. The van der Waals surface area contributed by atoms with Crippen molar-refractivity contribution in [3.05, 3.63) is 33.9 Å². The van der Waals surface area contributed by atoms with E-state index in [-0.39, 0.29) is 5.69 Å². The summed E-state index contributed by atoms with van der Waals surface area (Å²) >= 11 is 0. The fourth-order valence-electron chi connectivity index (χ4n) is 1.28. The molecule has 1 aromatic carbocycles. The number of nitro groups is 1. The third-order valence-electron chi connectivity index (χ3n) is 2.19. The molecule has 0 bridgehead atoms. The van der Waals surface area contributed by atoms with Gasteiger partial charge >= 0.3 is 0 Å². The second-order valence-corrected chi connectivity index (χ2v) is 3.47. The quantitative estimate of drug-likeness (QED) is 0.347. The predicted molar refractivity (Wildman–Crippen MR) is 60.3 cm³/mol.